The van der Waals surface area contributed by atoms with Crippen LogP contribution in [0.25, 0.3) is 0 Å². The molecule has 2 aliphatic rings. The van der Waals surface area contributed by atoms with E-state index in [9.17, 15) is 9.59 Å². The summed E-state index contributed by atoms with van der Waals surface area (Å²) in [5.41, 5.74) is 1.04. The fourth-order valence-corrected chi connectivity index (χ4v) is 2.69. The molecular weight excluding hydrogens is 298 g/mol. The smallest absolute Gasteiger partial charge is 0.319 e. The van der Waals surface area contributed by atoms with Crippen molar-refractivity contribution in [3.63, 3.8) is 0 Å². The molecule has 2 N–H and O–H groups in total. The van der Waals surface area contributed by atoms with Gasteiger partial charge in [0.15, 0.2) is 0 Å². The van der Waals surface area contributed by atoms with Crippen LogP contribution in [0.3, 0.4) is 0 Å². The molecule has 1 aromatic rings. The topological polar surface area (TPSA) is 79.9 Å². The summed E-state index contributed by atoms with van der Waals surface area (Å²) in [6.45, 7) is 2.34. The number of rotatable bonds is 2. The van der Waals surface area contributed by atoms with Crippen molar-refractivity contribution in [2.75, 3.05) is 38.7 Å². The molecule has 0 spiro atoms. The standard InChI is InChI=1S/C16H21N3O4/c1-19-6-9-23-14-3-2-12(10-13(14)15(19)20)18-16(21)17-11-4-7-22-8-5-11/h2-3,10-11H,4-9H2,1H3,(H2,17,18,21). The molecule has 0 aromatic heterocycles. The van der Waals surface area contributed by atoms with E-state index in [0.29, 0.717) is 43.4 Å². The number of carbonyl (C=O) groups is 2. The summed E-state index contributed by atoms with van der Waals surface area (Å²) in [6.07, 6.45) is 1.63. The zero-order valence-electron chi connectivity index (χ0n) is 13.1. The van der Waals surface area contributed by atoms with Crippen molar-refractivity contribution in [1.29, 1.82) is 0 Å². The van der Waals surface area contributed by atoms with Gasteiger partial charge >= 0.3 is 6.03 Å². The van der Waals surface area contributed by atoms with Crippen molar-refractivity contribution in [3.05, 3.63) is 23.8 Å². The Bertz CT molecular complexity index is 599. The maximum absolute atomic E-state index is 12.3. The predicted octanol–water partition coefficient (Wildman–Crippen LogP) is 1.45. The van der Waals surface area contributed by atoms with E-state index in [1.807, 2.05) is 0 Å². The summed E-state index contributed by atoms with van der Waals surface area (Å²) in [5.74, 6) is 0.445. The van der Waals surface area contributed by atoms with Crippen molar-refractivity contribution in [1.82, 2.24) is 10.2 Å². The van der Waals surface area contributed by atoms with E-state index in [4.69, 9.17) is 9.47 Å². The number of nitrogens with zero attached hydrogens (tertiary/aromatic N) is 1. The van der Waals surface area contributed by atoms with Gasteiger partial charge in [0.05, 0.1) is 12.1 Å². The highest BCUT2D eigenvalue weighted by Crippen LogP contribution is 2.26. The first-order valence-electron chi connectivity index (χ1n) is 7.81. The molecule has 7 heteroatoms. The van der Waals surface area contributed by atoms with Gasteiger partial charge in [0, 0.05) is 32.0 Å². The molecule has 23 heavy (non-hydrogen) atoms. The third-order valence-electron chi connectivity index (χ3n) is 4.06. The zero-order chi connectivity index (χ0) is 16.2. The molecule has 124 valence electrons. The van der Waals surface area contributed by atoms with E-state index < -0.39 is 0 Å². The van der Waals surface area contributed by atoms with E-state index in [1.165, 1.54) is 0 Å². The normalized spacial score (nSPS) is 18.7. The molecule has 1 aromatic carbocycles. The second kappa shape index (κ2) is 6.87. The number of benzene rings is 1. The van der Waals surface area contributed by atoms with Crippen molar-refractivity contribution in [3.8, 4) is 5.75 Å². The maximum Gasteiger partial charge on any atom is 0.319 e. The van der Waals surface area contributed by atoms with Gasteiger partial charge in [0.2, 0.25) is 0 Å². The van der Waals surface area contributed by atoms with Gasteiger partial charge in [-0.15, -0.1) is 0 Å². The quantitative estimate of drug-likeness (QED) is 0.865. The fourth-order valence-electron chi connectivity index (χ4n) is 2.69. The van der Waals surface area contributed by atoms with E-state index in [-0.39, 0.29) is 18.0 Å². The first-order valence-corrected chi connectivity index (χ1v) is 7.81. The van der Waals surface area contributed by atoms with E-state index in [1.54, 1.807) is 30.1 Å². The molecule has 0 aliphatic carbocycles. The van der Waals surface area contributed by atoms with Gasteiger partial charge in [0.1, 0.15) is 12.4 Å². The Morgan fingerprint density at radius 2 is 2.04 bits per heavy atom. The van der Waals surface area contributed by atoms with Crippen molar-refractivity contribution in [2.24, 2.45) is 0 Å². The third kappa shape index (κ3) is 3.73. The van der Waals surface area contributed by atoms with Gasteiger partial charge in [-0.05, 0) is 31.0 Å². The summed E-state index contributed by atoms with van der Waals surface area (Å²) in [5, 5.41) is 5.70. The Labute approximate surface area is 134 Å². The number of carbonyl (C=O) groups excluding carboxylic acids is 2. The lowest BCUT2D eigenvalue weighted by atomic mass is 10.1. The Balaban J connectivity index is 1.67. The number of likely N-dealkylation sites (N-methyl/N-ethyl adjacent to an activating group) is 1. The lowest BCUT2D eigenvalue weighted by Gasteiger charge is -2.23. The van der Waals surface area contributed by atoms with Gasteiger partial charge in [-0.2, -0.15) is 0 Å². The Hall–Kier alpha value is -2.28. The molecule has 7 nitrogen and oxygen atoms in total. The fraction of sp³-hybridized carbons (Fsp3) is 0.500. The summed E-state index contributed by atoms with van der Waals surface area (Å²) < 4.78 is 10.8. The lowest BCUT2D eigenvalue weighted by Crippen LogP contribution is -2.41. The molecule has 3 rings (SSSR count). The number of amides is 3. The molecule has 0 unspecified atom stereocenters. The summed E-state index contributed by atoms with van der Waals surface area (Å²) in [6, 6.07) is 4.97. The highest BCUT2D eigenvalue weighted by molar-refractivity contribution is 5.99. The minimum Gasteiger partial charge on any atom is -0.491 e. The van der Waals surface area contributed by atoms with E-state index in [2.05, 4.69) is 10.6 Å². The molecular formula is C16H21N3O4. The number of ether oxygens (including phenoxy) is 2. The van der Waals surface area contributed by atoms with Gasteiger partial charge in [-0.1, -0.05) is 0 Å². The summed E-state index contributed by atoms with van der Waals surface area (Å²) in [7, 11) is 1.73. The van der Waals surface area contributed by atoms with Gasteiger partial charge in [0.25, 0.3) is 5.91 Å². The molecule has 2 aliphatic heterocycles. The highest BCUT2D eigenvalue weighted by atomic mass is 16.5. The van der Waals surface area contributed by atoms with Crippen molar-refractivity contribution < 1.29 is 19.1 Å². The maximum atomic E-state index is 12.3. The number of anilines is 1. The molecule has 0 radical (unpaired) electrons. The average Bonchev–Trinajstić information content (AvgIpc) is 2.68. The first-order chi connectivity index (χ1) is 11.1. The molecule has 3 amide bonds. The van der Waals surface area contributed by atoms with Crippen molar-refractivity contribution >= 4 is 17.6 Å². The molecule has 0 bridgehead atoms. The van der Waals surface area contributed by atoms with E-state index in [0.717, 1.165) is 12.8 Å². The number of urea groups is 1. The van der Waals surface area contributed by atoms with Crippen LogP contribution in [0.2, 0.25) is 0 Å². The van der Waals surface area contributed by atoms with Crippen LogP contribution in [0.1, 0.15) is 23.2 Å². The number of nitrogens with one attached hydrogen (secondary N) is 2. The van der Waals surface area contributed by atoms with Crippen LogP contribution in [0.15, 0.2) is 18.2 Å². The highest BCUT2D eigenvalue weighted by Gasteiger charge is 2.22. The number of hydrogen-bond acceptors (Lipinski definition) is 4. The van der Waals surface area contributed by atoms with Gasteiger partial charge < -0.3 is 25.0 Å². The minimum absolute atomic E-state index is 0.106. The van der Waals surface area contributed by atoms with Crippen LogP contribution in [0, 0.1) is 0 Å². The molecule has 1 fully saturated rings. The monoisotopic (exact) mass is 319 g/mol. The molecule has 0 atom stereocenters. The molecule has 1 saturated heterocycles. The zero-order valence-corrected chi connectivity index (χ0v) is 13.1. The molecule has 0 saturated carbocycles. The number of hydrogen-bond donors (Lipinski definition) is 2. The largest absolute Gasteiger partial charge is 0.491 e. The van der Waals surface area contributed by atoms with Crippen LogP contribution in [0.4, 0.5) is 10.5 Å². The van der Waals surface area contributed by atoms with Crippen LogP contribution < -0.4 is 15.4 Å². The lowest BCUT2D eigenvalue weighted by molar-refractivity contribution is 0.0795. The summed E-state index contributed by atoms with van der Waals surface area (Å²) >= 11 is 0. The number of fused-ring (bicyclic) bond motifs is 1. The van der Waals surface area contributed by atoms with E-state index >= 15 is 0 Å². The molecule has 2 heterocycles. The predicted molar refractivity (Wildman–Crippen MR) is 84.9 cm³/mol. The van der Waals surface area contributed by atoms with Gasteiger partial charge in [-0.25, -0.2) is 4.79 Å². The van der Waals surface area contributed by atoms with Crippen LogP contribution in [0.5, 0.6) is 5.75 Å². The average molecular weight is 319 g/mol. The van der Waals surface area contributed by atoms with Crippen molar-refractivity contribution in [2.45, 2.75) is 18.9 Å². The van der Waals surface area contributed by atoms with Gasteiger partial charge in [-0.3, -0.25) is 4.79 Å². The second-order valence-electron chi connectivity index (χ2n) is 5.77. The Kier molecular flexibility index (Phi) is 4.66. The summed E-state index contributed by atoms with van der Waals surface area (Å²) in [4.78, 5) is 26.0. The first kappa shape index (κ1) is 15.6. The SMILES string of the molecule is CN1CCOc2ccc(NC(=O)NC3CCOCC3)cc2C1=O. The van der Waals surface area contributed by atoms with Crippen LogP contribution in [-0.4, -0.2) is 56.3 Å². The van der Waals surface area contributed by atoms with Crippen LogP contribution in [-0.2, 0) is 4.74 Å². The Morgan fingerprint density at radius 3 is 2.83 bits per heavy atom. The third-order valence-corrected chi connectivity index (χ3v) is 4.06. The van der Waals surface area contributed by atoms with Crippen LogP contribution >= 0.6 is 0 Å². The second-order valence-corrected chi connectivity index (χ2v) is 5.77. The minimum atomic E-state index is -0.271. The Morgan fingerprint density at radius 1 is 1.26 bits per heavy atom.